The van der Waals surface area contributed by atoms with Crippen LogP contribution in [0.3, 0.4) is 0 Å². The lowest BCUT2D eigenvalue weighted by Gasteiger charge is -2.26. The minimum absolute atomic E-state index is 0.0813. The first-order chi connectivity index (χ1) is 18.1. The van der Waals surface area contributed by atoms with Crippen LogP contribution in [-0.2, 0) is 0 Å². The van der Waals surface area contributed by atoms with Gasteiger partial charge in [-0.25, -0.2) is 4.98 Å². The molecule has 196 valence electrons. The Labute approximate surface area is 222 Å². The number of H-pyrrole nitrogens is 2. The highest BCUT2D eigenvalue weighted by atomic mass is 35.5. The number of fused-ring (bicyclic) bond motifs is 2. The van der Waals surface area contributed by atoms with E-state index in [1.807, 2.05) is 0 Å². The third kappa shape index (κ3) is 4.69. The molecule has 2 amide bonds. The highest BCUT2D eigenvalue weighted by molar-refractivity contribution is 6.30. The van der Waals surface area contributed by atoms with Gasteiger partial charge in [-0.2, -0.15) is 0 Å². The monoisotopic (exact) mass is 535 g/mol. The average Bonchev–Trinajstić information content (AvgIpc) is 3.40. The standard InChI is InChI=1S/C27H26ClN5O5/c1-27(2,13-34)12-33-25(37)16-9-19-20(10-17(16)26(33)38)32-23(31-19)22-18(6-7-29-24(22)36)30-11-21(35)14-4-3-5-15(28)8-14/h3-10,21,34-35H,11-13H2,1-2H3,(H,31,32)(H2,29,30,36). The van der Waals surface area contributed by atoms with Crippen LogP contribution in [0.15, 0.2) is 53.5 Å². The number of nitrogens with zero attached hydrogens (tertiary/aromatic N) is 2. The van der Waals surface area contributed by atoms with Crippen LogP contribution in [0.2, 0.25) is 5.02 Å². The van der Waals surface area contributed by atoms with Gasteiger partial charge in [-0.3, -0.25) is 19.3 Å². The summed E-state index contributed by atoms with van der Waals surface area (Å²) in [7, 11) is 0. The van der Waals surface area contributed by atoms with Gasteiger partial charge >= 0.3 is 0 Å². The van der Waals surface area contributed by atoms with Crippen LogP contribution in [-0.4, -0.2) is 61.6 Å². The number of amides is 2. The van der Waals surface area contributed by atoms with Crippen LogP contribution in [0, 0.1) is 5.41 Å². The Morgan fingerprint density at radius 1 is 1.11 bits per heavy atom. The van der Waals surface area contributed by atoms with E-state index in [1.54, 1.807) is 50.2 Å². The number of halogens is 1. The van der Waals surface area contributed by atoms with E-state index in [9.17, 15) is 24.6 Å². The highest BCUT2D eigenvalue weighted by Crippen LogP contribution is 2.32. The second kappa shape index (κ2) is 9.71. The molecular weight excluding hydrogens is 510 g/mol. The van der Waals surface area contributed by atoms with Crippen molar-refractivity contribution < 1.29 is 19.8 Å². The number of aliphatic hydroxyl groups excluding tert-OH is 2. The smallest absolute Gasteiger partial charge is 0.261 e. The van der Waals surface area contributed by atoms with Crippen LogP contribution in [0.4, 0.5) is 5.69 Å². The molecule has 0 saturated carbocycles. The molecular formula is C27H26ClN5O5. The fraction of sp³-hybridized carbons (Fsp3) is 0.259. The lowest BCUT2D eigenvalue weighted by atomic mass is 9.94. The van der Waals surface area contributed by atoms with Crippen LogP contribution in [0.25, 0.3) is 22.4 Å². The zero-order valence-corrected chi connectivity index (χ0v) is 21.5. The maximum atomic E-state index is 13.0. The third-order valence-electron chi connectivity index (χ3n) is 6.50. The Hall–Kier alpha value is -3.99. The van der Waals surface area contributed by atoms with Gasteiger partial charge in [0.05, 0.1) is 34.0 Å². The van der Waals surface area contributed by atoms with Gasteiger partial charge < -0.3 is 25.5 Å². The topological polar surface area (TPSA) is 151 Å². The molecule has 1 aliphatic rings. The molecule has 1 aliphatic heterocycles. The third-order valence-corrected chi connectivity index (χ3v) is 6.74. The normalized spacial score (nSPS) is 14.3. The number of rotatable bonds is 8. The Kier molecular flexibility index (Phi) is 6.56. The first kappa shape index (κ1) is 25.7. The van der Waals surface area contributed by atoms with Crippen molar-refractivity contribution in [2.75, 3.05) is 25.0 Å². The minimum Gasteiger partial charge on any atom is -0.396 e. The SMILES string of the molecule is CC(C)(CO)CN1C(=O)c2cc3nc(-c4c(NCC(O)c5cccc(Cl)c5)cc[nH]c4=O)[nH]c3cc2C1=O. The van der Waals surface area contributed by atoms with E-state index in [0.29, 0.717) is 27.3 Å². The van der Waals surface area contributed by atoms with Crippen LogP contribution in [0.1, 0.15) is 46.2 Å². The second-order valence-corrected chi connectivity index (χ2v) is 10.5. The number of carbonyl (C=O) groups excluding carboxylic acids is 2. The molecule has 2 aromatic heterocycles. The molecule has 1 unspecified atom stereocenters. The number of aromatic amines is 2. The molecule has 11 heteroatoms. The number of benzene rings is 2. The number of aliphatic hydroxyl groups is 2. The summed E-state index contributed by atoms with van der Waals surface area (Å²) in [6.07, 6.45) is 0.604. The summed E-state index contributed by atoms with van der Waals surface area (Å²) in [6, 6.07) is 11.6. The van der Waals surface area contributed by atoms with Gasteiger partial charge in [0.25, 0.3) is 17.4 Å². The van der Waals surface area contributed by atoms with Gasteiger partial charge in [0.15, 0.2) is 0 Å². The number of carbonyl (C=O) groups is 2. The zero-order chi connectivity index (χ0) is 27.2. The summed E-state index contributed by atoms with van der Waals surface area (Å²) >= 11 is 6.02. The van der Waals surface area contributed by atoms with E-state index in [1.165, 1.54) is 12.3 Å². The summed E-state index contributed by atoms with van der Waals surface area (Å²) in [6.45, 7) is 3.55. The van der Waals surface area contributed by atoms with E-state index in [2.05, 4.69) is 20.3 Å². The van der Waals surface area contributed by atoms with Crippen molar-refractivity contribution in [3.8, 4) is 11.4 Å². The molecule has 5 rings (SSSR count). The maximum absolute atomic E-state index is 13.0. The molecule has 10 nitrogen and oxygen atoms in total. The number of nitrogens with one attached hydrogen (secondary N) is 3. The summed E-state index contributed by atoms with van der Waals surface area (Å²) in [5.74, 6) is -0.657. The number of aromatic nitrogens is 3. The molecule has 38 heavy (non-hydrogen) atoms. The number of imide groups is 1. The van der Waals surface area contributed by atoms with Crippen LogP contribution < -0.4 is 10.9 Å². The molecule has 0 radical (unpaired) electrons. The predicted octanol–water partition coefficient (Wildman–Crippen LogP) is 3.33. The molecule has 3 heterocycles. The quantitative estimate of drug-likeness (QED) is 0.217. The molecule has 5 N–H and O–H groups in total. The van der Waals surface area contributed by atoms with Crippen molar-refractivity contribution in [2.45, 2.75) is 20.0 Å². The Bertz CT molecular complexity index is 1570. The van der Waals surface area contributed by atoms with Gasteiger partial charge in [-0.1, -0.05) is 37.6 Å². The van der Waals surface area contributed by atoms with Gasteiger partial charge in [-0.15, -0.1) is 0 Å². The van der Waals surface area contributed by atoms with Gasteiger partial charge in [0.2, 0.25) is 0 Å². The van der Waals surface area contributed by atoms with Gasteiger partial charge in [0, 0.05) is 36.3 Å². The van der Waals surface area contributed by atoms with Crippen molar-refractivity contribution in [3.63, 3.8) is 0 Å². The summed E-state index contributed by atoms with van der Waals surface area (Å²) in [5.41, 5.74) is 1.57. The molecule has 4 aromatic rings. The molecule has 0 fully saturated rings. The Morgan fingerprint density at radius 2 is 1.84 bits per heavy atom. The molecule has 0 bridgehead atoms. The van der Waals surface area contributed by atoms with Crippen molar-refractivity contribution in [1.29, 1.82) is 0 Å². The summed E-state index contributed by atoms with van der Waals surface area (Å²) in [4.78, 5) is 50.2. The van der Waals surface area contributed by atoms with Crippen LogP contribution in [0.5, 0.6) is 0 Å². The van der Waals surface area contributed by atoms with Crippen LogP contribution >= 0.6 is 11.6 Å². The van der Waals surface area contributed by atoms with Gasteiger partial charge in [-0.05, 0) is 35.9 Å². The van der Waals surface area contributed by atoms with E-state index >= 15 is 0 Å². The molecule has 0 spiro atoms. The predicted molar refractivity (Wildman–Crippen MR) is 143 cm³/mol. The van der Waals surface area contributed by atoms with E-state index in [4.69, 9.17) is 11.6 Å². The highest BCUT2D eigenvalue weighted by Gasteiger charge is 2.39. The molecule has 0 saturated heterocycles. The number of pyridine rings is 1. The molecule has 0 aliphatic carbocycles. The summed E-state index contributed by atoms with van der Waals surface area (Å²) < 4.78 is 0. The van der Waals surface area contributed by atoms with Crippen molar-refractivity contribution >= 4 is 40.1 Å². The maximum Gasteiger partial charge on any atom is 0.261 e. The minimum atomic E-state index is -0.879. The lowest BCUT2D eigenvalue weighted by Crippen LogP contribution is -2.39. The largest absolute Gasteiger partial charge is 0.396 e. The van der Waals surface area contributed by atoms with Gasteiger partial charge in [0.1, 0.15) is 11.4 Å². The number of imidazole rings is 1. The van der Waals surface area contributed by atoms with E-state index in [0.717, 1.165) is 4.90 Å². The Balaban J connectivity index is 1.45. The zero-order valence-electron chi connectivity index (χ0n) is 20.7. The molecule has 2 aromatic carbocycles. The van der Waals surface area contributed by atoms with E-state index < -0.39 is 28.9 Å². The first-order valence-electron chi connectivity index (χ1n) is 12.0. The number of hydrogen-bond acceptors (Lipinski definition) is 7. The Morgan fingerprint density at radius 3 is 2.55 bits per heavy atom. The van der Waals surface area contributed by atoms with Crippen molar-refractivity contribution in [3.05, 3.63) is 80.7 Å². The van der Waals surface area contributed by atoms with E-state index in [-0.39, 0.29) is 42.2 Å². The number of hydrogen-bond donors (Lipinski definition) is 5. The number of anilines is 1. The second-order valence-electron chi connectivity index (χ2n) is 10.1. The van der Waals surface area contributed by atoms with Crippen molar-refractivity contribution in [2.24, 2.45) is 5.41 Å². The molecule has 1 atom stereocenters. The van der Waals surface area contributed by atoms with Crippen molar-refractivity contribution in [1.82, 2.24) is 19.9 Å². The summed E-state index contributed by atoms with van der Waals surface area (Å²) in [5, 5.41) is 23.8. The fourth-order valence-corrected chi connectivity index (χ4v) is 4.63. The first-order valence-corrected chi connectivity index (χ1v) is 12.4. The fourth-order valence-electron chi connectivity index (χ4n) is 4.43. The average molecular weight is 536 g/mol. The lowest BCUT2D eigenvalue weighted by molar-refractivity contribution is 0.0529.